The van der Waals surface area contributed by atoms with E-state index in [1.54, 1.807) is 7.11 Å². The van der Waals surface area contributed by atoms with Crippen LogP contribution in [0.1, 0.15) is 42.5 Å². The van der Waals surface area contributed by atoms with E-state index in [4.69, 9.17) is 26.4 Å². The molecule has 29 heavy (non-hydrogen) atoms. The van der Waals surface area contributed by atoms with E-state index >= 15 is 0 Å². The molecule has 0 aliphatic carbocycles. The average Bonchev–Trinajstić information content (AvgIpc) is 3.16. The molecule has 2 aliphatic rings. The Labute approximate surface area is 173 Å². The van der Waals surface area contributed by atoms with Gasteiger partial charge in [-0.05, 0) is 49.6 Å². The van der Waals surface area contributed by atoms with E-state index in [1.807, 2.05) is 24.9 Å². The highest BCUT2D eigenvalue weighted by Gasteiger charge is 2.36. The summed E-state index contributed by atoms with van der Waals surface area (Å²) in [5.41, 5.74) is 1.44. The maximum atomic E-state index is 13.4. The summed E-state index contributed by atoms with van der Waals surface area (Å²) < 4.78 is 18.5. The molecule has 1 atom stereocenters. The number of unbranched alkanes of at least 4 members (excludes halogenated alkanes) is 1. The first-order valence-electron chi connectivity index (χ1n) is 9.71. The zero-order chi connectivity index (χ0) is 20.7. The van der Waals surface area contributed by atoms with Crippen molar-refractivity contribution >= 4 is 12.2 Å². The second-order valence-electron chi connectivity index (χ2n) is 7.33. The van der Waals surface area contributed by atoms with E-state index in [0.717, 1.165) is 30.4 Å². The van der Waals surface area contributed by atoms with E-state index in [-0.39, 0.29) is 23.0 Å². The number of nitrogens with one attached hydrogen (secondary N) is 1. The third kappa shape index (κ3) is 3.18. The molecule has 2 aromatic rings. The van der Waals surface area contributed by atoms with E-state index < -0.39 is 11.6 Å². The molecule has 1 N–H and O–H groups in total. The van der Waals surface area contributed by atoms with E-state index in [1.165, 1.54) is 4.57 Å². The molecular weight excluding hydrogens is 394 g/mol. The minimum atomic E-state index is -0.567. The van der Waals surface area contributed by atoms with Crippen LogP contribution < -0.4 is 24.9 Å². The van der Waals surface area contributed by atoms with Crippen molar-refractivity contribution in [1.29, 1.82) is 0 Å². The smallest absolute Gasteiger partial charge is 0.256 e. The molecule has 0 bridgehead atoms. The summed E-state index contributed by atoms with van der Waals surface area (Å²) in [7, 11) is 3.45. The number of aromatic amines is 1. The number of likely N-dealkylation sites (N-methyl/N-ethyl adjacent to an activating group) is 1. The lowest BCUT2D eigenvalue weighted by atomic mass is 9.87. The molecule has 1 aromatic carbocycles. The molecule has 0 spiro atoms. The lowest BCUT2D eigenvalue weighted by Gasteiger charge is -2.37. The number of rotatable bonds is 5. The van der Waals surface area contributed by atoms with Gasteiger partial charge in [0.15, 0.2) is 16.3 Å². The lowest BCUT2D eigenvalue weighted by molar-refractivity contribution is -0.282. The van der Waals surface area contributed by atoms with Gasteiger partial charge in [0.1, 0.15) is 0 Å². The van der Waals surface area contributed by atoms with Gasteiger partial charge in [0.2, 0.25) is 12.5 Å². The van der Waals surface area contributed by atoms with Gasteiger partial charge in [-0.2, -0.15) is 0 Å². The van der Waals surface area contributed by atoms with Crippen LogP contribution >= 0.6 is 12.2 Å². The predicted octanol–water partition coefficient (Wildman–Crippen LogP) is 2.09. The van der Waals surface area contributed by atoms with Crippen LogP contribution in [0.25, 0.3) is 0 Å². The third-order valence-corrected chi connectivity index (χ3v) is 5.91. The first-order chi connectivity index (χ1) is 14.0. The minimum Gasteiger partial charge on any atom is -0.860 e. The summed E-state index contributed by atoms with van der Waals surface area (Å²) >= 11 is 5.25. The Morgan fingerprint density at radius 3 is 2.90 bits per heavy atom. The first kappa shape index (κ1) is 19.8. The van der Waals surface area contributed by atoms with Gasteiger partial charge in [0.25, 0.3) is 5.56 Å². The number of nitrogens with zero attached hydrogens (tertiary/aromatic N) is 2. The molecule has 156 valence electrons. The summed E-state index contributed by atoms with van der Waals surface area (Å²) in [6.07, 6.45) is 2.46. The van der Waals surface area contributed by atoms with Crippen molar-refractivity contribution in [3.8, 4) is 23.1 Å². The van der Waals surface area contributed by atoms with Crippen LogP contribution in [0, 0.1) is 4.77 Å². The Balaban J connectivity index is 1.96. The fraction of sp³-hybridized carbons (Fsp3) is 0.500. The summed E-state index contributed by atoms with van der Waals surface area (Å²) in [6.45, 7) is 3.31. The van der Waals surface area contributed by atoms with Crippen molar-refractivity contribution in [1.82, 2.24) is 14.5 Å². The Morgan fingerprint density at radius 1 is 1.38 bits per heavy atom. The molecule has 1 unspecified atom stereocenters. The van der Waals surface area contributed by atoms with Gasteiger partial charge < -0.3 is 23.9 Å². The van der Waals surface area contributed by atoms with Gasteiger partial charge in [-0.3, -0.25) is 14.7 Å². The normalized spacial score (nSPS) is 18.0. The Bertz CT molecular complexity index is 1060. The van der Waals surface area contributed by atoms with Crippen LogP contribution in [0.5, 0.6) is 23.1 Å². The standard InChI is InChI=1S/C20H25N3O5S/c1-4-5-7-23-19(25)14(18(24)21-20(23)29)15-13-11(6-8-22(15)2)9-12-16(17(13)26-3)28-10-27-12/h9,15,25H,4-8,10H2,1-3H3,(H,21,24,29)/p-1. The number of methoxy groups -OCH3 is 1. The molecule has 9 heteroatoms. The largest absolute Gasteiger partial charge is 0.860 e. The van der Waals surface area contributed by atoms with Crippen LogP contribution in [0.15, 0.2) is 10.9 Å². The van der Waals surface area contributed by atoms with Crippen LogP contribution in [0.2, 0.25) is 0 Å². The van der Waals surface area contributed by atoms with Gasteiger partial charge in [0, 0.05) is 24.2 Å². The zero-order valence-corrected chi connectivity index (χ0v) is 17.6. The number of hydrogen-bond acceptors (Lipinski definition) is 7. The Hall–Kier alpha value is -2.52. The van der Waals surface area contributed by atoms with Gasteiger partial charge in [-0.25, -0.2) is 0 Å². The minimum absolute atomic E-state index is 0.115. The summed E-state index contributed by atoms with van der Waals surface area (Å²) in [4.78, 5) is 17.6. The molecule has 2 aliphatic heterocycles. The summed E-state index contributed by atoms with van der Waals surface area (Å²) in [5.74, 6) is 1.29. The molecule has 0 saturated heterocycles. The fourth-order valence-corrected chi connectivity index (χ4v) is 4.39. The molecule has 0 saturated carbocycles. The van der Waals surface area contributed by atoms with Gasteiger partial charge in [-0.1, -0.05) is 13.3 Å². The van der Waals surface area contributed by atoms with Crippen LogP contribution in [0.4, 0.5) is 0 Å². The molecule has 0 fully saturated rings. The Morgan fingerprint density at radius 2 is 2.17 bits per heavy atom. The SMILES string of the molecule is CCCCn1c([O-])c(C2c3c(cc4c(c3OC)OCO4)CCN2C)c(=O)[nH]c1=S. The number of H-pyrrole nitrogens is 1. The van der Waals surface area contributed by atoms with E-state index in [0.29, 0.717) is 30.3 Å². The molecule has 0 radical (unpaired) electrons. The van der Waals surface area contributed by atoms with Crippen LogP contribution in [-0.2, 0) is 13.0 Å². The van der Waals surface area contributed by atoms with Crippen molar-refractivity contribution in [2.45, 2.75) is 38.8 Å². The molecule has 0 amide bonds. The molecular formula is C20H24N3O5S-. The second-order valence-corrected chi connectivity index (χ2v) is 7.72. The maximum absolute atomic E-state index is 13.4. The van der Waals surface area contributed by atoms with Crippen molar-refractivity contribution < 1.29 is 19.3 Å². The first-order valence-corrected chi connectivity index (χ1v) is 10.1. The maximum Gasteiger partial charge on any atom is 0.256 e. The highest BCUT2D eigenvalue weighted by molar-refractivity contribution is 7.71. The molecule has 3 heterocycles. The van der Waals surface area contributed by atoms with Gasteiger partial charge in [0.05, 0.1) is 13.2 Å². The highest BCUT2D eigenvalue weighted by Crippen LogP contribution is 2.50. The molecule has 1 aromatic heterocycles. The van der Waals surface area contributed by atoms with Crippen molar-refractivity contribution in [3.63, 3.8) is 0 Å². The van der Waals surface area contributed by atoms with Gasteiger partial charge >= 0.3 is 0 Å². The van der Waals surface area contributed by atoms with E-state index in [9.17, 15) is 9.90 Å². The quantitative estimate of drug-likeness (QED) is 0.744. The number of ether oxygens (including phenoxy) is 3. The predicted molar refractivity (Wildman–Crippen MR) is 108 cm³/mol. The third-order valence-electron chi connectivity index (χ3n) is 5.59. The highest BCUT2D eigenvalue weighted by atomic mass is 32.1. The molecule has 4 rings (SSSR count). The van der Waals surface area contributed by atoms with Crippen molar-refractivity contribution in [2.24, 2.45) is 0 Å². The second kappa shape index (κ2) is 7.72. The number of fused-ring (bicyclic) bond motifs is 2. The topological polar surface area (TPSA) is 91.8 Å². The Kier molecular flexibility index (Phi) is 5.26. The monoisotopic (exact) mass is 418 g/mol. The fourth-order valence-electron chi connectivity index (χ4n) is 4.12. The van der Waals surface area contributed by atoms with Crippen LogP contribution in [-0.4, -0.2) is 41.9 Å². The van der Waals surface area contributed by atoms with Crippen molar-refractivity contribution in [2.75, 3.05) is 27.5 Å². The number of hydrogen-bond donors (Lipinski definition) is 1. The van der Waals surface area contributed by atoms with Gasteiger partial charge in [-0.15, -0.1) is 0 Å². The van der Waals surface area contributed by atoms with E-state index in [2.05, 4.69) is 4.98 Å². The lowest BCUT2D eigenvalue weighted by Crippen LogP contribution is -2.38. The molecule has 8 nitrogen and oxygen atoms in total. The van der Waals surface area contributed by atoms with Crippen LogP contribution in [0.3, 0.4) is 0 Å². The number of benzene rings is 1. The summed E-state index contributed by atoms with van der Waals surface area (Å²) in [5, 5.41) is 13.4. The van der Waals surface area contributed by atoms with Crippen molar-refractivity contribution in [3.05, 3.63) is 37.9 Å². The average molecular weight is 418 g/mol. The zero-order valence-electron chi connectivity index (χ0n) is 16.7. The summed E-state index contributed by atoms with van der Waals surface area (Å²) in [6, 6.07) is 1.36. The number of aromatic nitrogens is 2.